The van der Waals surface area contributed by atoms with Gasteiger partial charge in [0.25, 0.3) is 0 Å². The van der Waals surface area contributed by atoms with Crippen molar-refractivity contribution in [1.29, 1.82) is 10.5 Å². The minimum atomic E-state index is -3.89. The van der Waals surface area contributed by atoms with Crippen LogP contribution in [0.2, 0.25) is 0 Å². The molecule has 6 nitrogen and oxygen atoms in total. The van der Waals surface area contributed by atoms with Crippen molar-refractivity contribution in [3.05, 3.63) is 101 Å². The lowest BCUT2D eigenvalue weighted by atomic mass is 9.84. The van der Waals surface area contributed by atoms with Crippen molar-refractivity contribution in [3.63, 3.8) is 0 Å². The van der Waals surface area contributed by atoms with Crippen LogP contribution in [-0.2, 0) is 21.4 Å². The van der Waals surface area contributed by atoms with E-state index in [1.807, 2.05) is 79.7 Å². The van der Waals surface area contributed by atoms with Crippen molar-refractivity contribution in [2.45, 2.75) is 42.7 Å². The fourth-order valence-electron chi connectivity index (χ4n) is 4.74. The number of nitriles is 2. The molecular weight excluding hydrogens is 514 g/mol. The SMILES string of the molecule is Cc1ccc(S(=O)(=O)N[C@@H](CCOCc2ccccc2)[C@@H]2CSc3ccccc3C2=C(C#N)C#N)c(C)c1. The summed E-state index contributed by atoms with van der Waals surface area (Å²) in [6, 6.07) is 26.1. The molecule has 0 radical (unpaired) electrons. The van der Waals surface area contributed by atoms with Crippen molar-refractivity contribution in [2.75, 3.05) is 12.4 Å². The Balaban J connectivity index is 1.68. The molecule has 0 bridgehead atoms. The highest BCUT2D eigenvalue weighted by Gasteiger charge is 2.36. The van der Waals surface area contributed by atoms with Gasteiger partial charge in [-0.05, 0) is 54.7 Å². The van der Waals surface area contributed by atoms with Crippen molar-refractivity contribution < 1.29 is 13.2 Å². The van der Waals surface area contributed by atoms with Gasteiger partial charge in [-0.2, -0.15) is 10.5 Å². The van der Waals surface area contributed by atoms with E-state index in [0.717, 1.165) is 21.6 Å². The van der Waals surface area contributed by atoms with Gasteiger partial charge in [0.1, 0.15) is 17.7 Å². The van der Waals surface area contributed by atoms with E-state index in [-0.39, 0.29) is 10.5 Å². The predicted molar refractivity (Wildman–Crippen MR) is 150 cm³/mol. The highest BCUT2D eigenvalue weighted by Crippen LogP contribution is 2.44. The second kappa shape index (κ2) is 12.4. The minimum absolute atomic E-state index is 0.00340. The maximum Gasteiger partial charge on any atom is 0.241 e. The number of ether oxygens (including phenoxy) is 1. The smallest absolute Gasteiger partial charge is 0.241 e. The van der Waals surface area contributed by atoms with Crippen molar-refractivity contribution in [3.8, 4) is 12.1 Å². The minimum Gasteiger partial charge on any atom is -0.377 e. The van der Waals surface area contributed by atoms with Crippen molar-refractivity contribution in [2.24, 2.45) is 5.92 Å². The van der Waals surface area contributed by atoms with Gasteiger partial charge in [0.2, 0.25) is 10.0 Å². The molecule has 1 N–H and O–H groups in total. The van der Waals surface area contributed by atoms with Gasteiger partial charge < -0.3 is 4.74 Å². The first-order valence-corrected chi connectivity index (χ1v) is 14.8. The number of thioether (sulfide) groups is 1. The summed E-state index contributed by atoms with van der Waals surface area (Å²) < 4.78 is 36.1. The molecule has 2 atom stereocenters. The number of hydrogen-bond acceptors (Lipinski definition) is 6. The fourth-order valence-corrected chi connectivity index (χ4v) is 7.54. The van der Waals surface area contributed by atoms with E-state index in [4.69, 9.17) is 4.74 Å². The van der Waals surface area contributed by atoms with Crippen LogP contribution in [0.1, 0.15) is 28.7 Å². The van der Waals surface area contributed by atoms with Gasteiger partial charge in [-0.3, -0.25) is 0 Å². The number of benzene rings is 3. The summed E-state index contributed by atoms with van der Waals surface area (Å²) in [4.78, 5) is 1.19. The number of allylic oxidation sites excluding steroid dienone is 1. The zero-order chi connectivity index (χ0) is 27.1. The molecule has 8 heteroatoms. The van der Waals surface area contributed by atoms with Crippen molar-refractivity contribution in [1.82, 2.24) is 4.72 Å². The van der Waals surface area contributed by atoms with E-state index in [1.54, 1.807) is 30.8 Å². The molecule has 3 aromatic carbocycles. The summed E-state index contributed by atoms with van der Waals surface area (Å²) in [7, 11) is -3.89. The maximum atomic E-state index is 13.6. The molecule has 1 heterocycles. The number of sulfonamides is 1. The van der Waals surface area contributed by atoms with Gasteiger partial charge in [-0.1, -0.05) is 66.2 Å². The van der Waals surface area contributed by atoms with Crippen molar-refractivity contribution >= 4 is 27.4 Å². The zero-order valence-electron chi connectivity index (χ0n) is 21.3. The van der Waals surface area contributed by atoms with Crippen LogP contribution < -0.4 is 4.72 Å². The molecule has 3 aromatic rings. The van der Waals surface area contributed by atoms with E-state index in [9.17, 15) is 18.9 Å². The van der Waals surface area contributed by atoms with Gasteiger partial charge in [0, 0.05) is 29.2 Å². The van der Waals surface area contributed by atoms with Crippen LogP contribution >= 0.6 is 11.8 Å². The van der Waals surface area contributed by atoms with Gasteiger partial charge in [0.15, 0.2) is 0 Å². The highest BCUT2D eigenvalue weighted by molar-refractivity contribution is 7.99. The van der Waals surface area contributed by atoms with Crippen LogP contribution in [-0.4, -0.2) is 26.8 Å². The molecule has 0 aromatic heterocycles. The van der Waals surface area contributed by atoms with Gasteiger partial charge in [-0.15, -0.1) is 11.8 Å². The third kappa shape index (κ3) is 6.35. The first-order valence-electron chi connectivity index (χ1n) is 12.3. The van der Waals surface area contributed by atoms with E-state index < -0.39 is 22.0 Å². The summed E-state index contributed by atoms with van der Waals surface area (Å²) in [6.07, 6.45) is 0.373. The monoisotopic (exact) mass is 543 g/mol. The molecule has 38 heavy (non-hydrogen) atoms. The third-order valence-corrected chi connectivity index (χ3v) is 9.40. The summed E-state index contributed by atoms with van der Waals surface area (Å²) in [6.45, 7) is 4.41. The average molecular weight is 544 g/mol. The number of nitrogens with zero attached hydrogens (tertiary/aromatic N) is 2. The van der Waals surface area contributed by atoms with Crippen LogP contribution in [0.15, 0.2) is 88.2 Å². The summed E-state index contributed by atoms with van der Waals surface area (Å²) in [5.41, 5.74) is 4.05. The Kier molecular flexibility index (Phi) is 9.04. The standard InChI is InChI=1S/C30H29N3O3S2/c1-21-12-13-29(22(2)16-21)38(34,35)33-27(14-15-36-19-23-8-4-3-5-9-23)26-20-37-28-11-7-6-10-25(28)30(26)24(17-31)18-32/h3-13,16,26-27,33H,14-15,19-20H2,1-2H3/t26-,27-/m0/s1. The number of hydrogen-bond donors (Lipinski definition) is 1. The Hall–Kier alpha value is -3.40. The molecule has 0 spiro atoms. The van der Waals surface area contributed by atoms with E-state index in [0.29, 0.717) is 36.5 Å². The van der Waals surface area contributed by atoms with Gasteiger partial charge >= 0.3 is 0 Å². The lowest BCUT2D eigenvalue weighted by Gasteiger charge is -2.34. The molecule has 0 saturated heterocycles. The number of nitrogens with one attached hydrogen (secondary N) is 1. The topological polar surface area (TPSA) is 103 Å². The Labute approximate surface area is 229 Å². The average Bonchev–Trinajstić information content (AvgIpc) is 2.91. The molecule has 0 aliphatic carbocycles. The molecule has 1 aliphatic heterocycles. The first kappa shape index (κ1) is 27.6. The number of aryl methyl sites for hydroxylation is 2. The molecule has 0 amide bonds. The maximum absolute atomic E-state index is 13.6. The highest BCUT2D eigenvalue weighted by atomic mass is 32.2. The largest absolute Gasteiger partial charge is 0.377 e. The molecule has 4 rings (SSSR count). The molecule has 0 fully saturated rings. The predicted octanol–water partition coefficient (Wildman–Crippen LogP) is 5.78. The number of fused-ring (bicyclic) bond motifs is 1. The molecule has 194 valence electrons. The summed E-state index contributed by atoms with van der Waals surface area (Å²) in [5, 5.41) is 19.6. The van der Waals surface area contributed by atoms with Gasteiger partial charge in [-0.25, -0.2) is 13.1 Å². The number of rotatable bonds is 9. The van der Waals surface area contributed by atoms with E-state index in [1.165, 1.54) is 0 Å². The Morgan fingerprint density at radius 2 is 1.76 bits per heavy atom. The lowest BCUT2D eigenvalue weighted by Crippen LogP contribution is -2.43. The fraction of sp³-hybridized carbons (Fsp3) is 0.267. The van der Waals surface area contributed by atoms with Gasteiger partial charge in [0.05, 0.1) is 11.5 Å². The van der Waals surface area contributed by atoms with Crippen LogP contribution in [0.4, 0.5) is 0 Å². The van der Waals surface area contributed by atoms with Crippen LogP contribution in [0, 0.1) is 42.4 Å². The Morgan fingerprint density at radius 3 is 2.47 bits per heavy atom. The van der Waals surface area contributed by atoms with E-state index in [2.05, 4.69) is 4.72 Å². The quantitative estimate of drug-likeness (QED) is 0.271. The molecule has 1 aliphatic rings. The molecule has 0 unspecified atom stereocenters. The van der Waals surface area contributed by atoms with Crippen LogP contribution in [0.5, 0.6) is 0 Å². The molecule has 0 saturated carbocycles. The molecular formula is C30H29N3O3S2. The summed E-state index contributed by atoms with van der Waals surface area (Å²) >= 11 is 1.60. The first-order chi connectivity index (χ1) is 18.3. The Bertz CT molecular complexity index is 1500. The Morgan fingerprint density at radius 1 is 1.05 bits per heavy atom. The lowest BCUT2D eigenvalue weighted by molar-refractivity contribution is 0.110. The third-order valence-electron chi connectivity index (χ3n) is 6.56. The normalized spacial score (nSPS) is 15.7. The zero-order valence-corrected chi connectivity index (χ0v) is 23.0. The summed E-state index contributed by atoms with van der Waals surface area (Å²) in [5.74, 6) is 0.128. The van der Waals surface area contributed by atoms with Crippen LogP contribution in [0.25, 0.3) is 5.57 Å². The van der Waals surface area contributed by atoms with Crippen LogP contribution in [0.3, 0.4) is 0 Å². The second-order valence-electron chi connectivity index (χ2n) is 9.25. The second-order valence-corrected chi connectivity index (χ2v) is 12.0. The van der Waals surface area contributed by atoms with E-state index >= 15 is 0 Å².